The third kappa shape index (κ3) is 49.2. The molecule has 0 aliphatic heterocycles. The van der Waals surface area contributed by atoms with E-state index in [0.717, 1.165) is 38.5 Å². The standard InChI is InChI=1S/C54H111N2O6P/c1-6-8-10-12-14-16-17-18-19-20-21-22-23-24-25-26-27-28-29-30-31-32-33-34-35-36-37-38-40-41-43-45-47-53(57)52(51-62-63(59,60)61-50-49-56(3,4)5)55-54(58)48-46-44-42-39-15-13-11-9-7-2/h52-53,57H,6-51H2,1-5H3,(H-,55,58,59,60)/p+1. The van der Waals surface area contributed by atoms with E-state index in [0.29, 0.717) is 23.9 Å². The Bertz CT molecular complexity index is 994. The number of amides is 1. The first-order valence-electron chi connectivity index (χ1n) is 27.9. The summed E-state index contributed by atoms with van der Waals surface area (Å²) in [6.07, 6.45) is 54.7. The van der Waals surface area contributed by atoms with E-state index < -0.39 is 20.0 Å². The lowest BCUT2D eigenvalue weighted by Crippen LogP contribution is -2.46. The first kappa shape index (κ1) is 62.5. The molecule has 0 fully saturated rings. The number of unbranched alkanes of at least 4 members (excludes halogenated alkanes) is 39. The quantitative estimate of drug-likeness (QED) is 0.0319. The number of nitrogens with zero attached hydrogens (tertiary/aromatic N) is 1. The SMILES string of the molecule is CCCCCCCCCCCCCCCCCCCCCCCCCCCCCCCCCCC(O)C(COP(=O)(O)OCC[N+](C)(C)C)NC(=O)CCCCCCCCCCC. The lowest BCUT2D eigenvalue weighted by molar-refractivity contribution is -0.870. The second kappa shape index (κ2) is 46.6. The van der Waals surface area contributed by atoms with Crippen LogP contribution in [0.25, 0.3) is 0 Å². The van der Waals surface area contributed by atoms with Crippen LogP contribution in [0.15, 0.2) is 0 Å². The third-order valence-corrected chi connectivity index (χ3v) is 14.1. The average Bonchev–Trinajstić information content (AvgIpc) is 3.24. The number of hydrogen-bond acceptors (Lipinski definition) is 5. The van der Waals surface area contributed by atoms with Crippen LogP contribution in [0.5, 0.6) is 0 Å². The van der Waals surface area contributed by atoms with E-state index >= 15 is 0 Å². The molecule has 8 nitrogen and oxygen atoms in total. The predicted molar refractivity (Wildman–Crippen MR) is 272 cm³/mol. The van der Waals surface area contributed by atoms with Gasteiger partial charge in [0.05, 0.1) is 39.9 Å². The van der Waals surface area contributed by atoms with E-state index in [4.69, 9.17) is 9.05 Å². The lowest BCUT2D eigenvalue weighted by Gasteiger charge is -2.26. The molecule has 0 aliphatic rings. The maximum atomic E-state index is 12.8. The fourth-order valence-electron chi connectivity index (χ4n) is 8.70. The molecule has 0 saturated carbocycles. The van der Waals surface area contributed by atoms with Crippen LogP contribution in [0, 0.1) is 0 Å². The summed E-state index contributed by atoms with van der Waals surface area (Å²) in [4.78, 5) is 23.1. The molecule has 0 rings (SSSR count). The van der Waals surface area contributed by atoms with Crippen molar-refractivity contribution >= 4 is 13.7 Å². The van der Waals surface area contributed by atoms with Crippen molar-refractivity contribution in [3.05, 3.63) is 0 Å². The van der Waals surface area contributed by atoms with E-state index in [1.807, 2.05) is 21.1 Å². The minimum Gasteiger partial charge on any atom is -0.391 e. The van der Waals surface area contributed by atoms with Crippen LogP contribution in [-0.4, -0.2) is 73.4 Å². The Hall–Kier alpha value is -0.500. The number of rotatable bonds is 52. The fraction of sp³-hybridized carbons (Fsp3) is 0.981. The highest BCUT2D eigenvalue weighted by Gasteiger charge is 2.28. The number of aliphatic hydroxyl groups excluding tert-OH is 1. The molecule has 63 heavy (non-hydrogen) atoms. The molecule has 0 aromatic heterocycles. The minimum absolute atomic E-state index is 0.0785. The molecule has 0 aliphatic carbocycles. The van der Waals surface area contributed by atoms with Gasteiger partial charge in [-0.05, 0) is 12.8 Å². The van der Waals surface area contributed by atoms with Crippen LogP contribution < -0.4 is 5.32 Å². The number of carbonyl (C=O) groups excluding carboxylic acids is 1. The summed E-state index contributed by atoms with van der Waals surface area (Å²) in [5, 5.41) is 14.0. The molecule has 378 valence electrons. The molecule has 0 aromatic rings. The van der Waals surface area contributed by atoms with Gasteiger partial charge in [-0.2, -0.15) is 0 Å². The summed E-state index contributed by atoms with van der Waals surface area (Å²) in [7, 11) is 1.63. The molecule has 1 amide bonds. The molecule has 0 spiro atoms. The molecule has 0 saturated heterocycles. The Morgan fingerprint density at radius 3 is 1.06 bits per heavy atom. The highest BCUT2D eigenvalue weighted by atomic mass is 31.2. The van der Waals surface area contributed by atoms with Gasteiger partial charge in [0, 0.05) is 6.42 Å². The zero-order valence-electron chi connectivity index (χ0n) is 43.1. The van der Waals surface area contributed by atoms with Crippen molar-refractivity contribution in [2.45, 2.75) is 302 Å². The van der Waals surface area contributed by atoms with Gasteiger partial charge in [0.15, 0.2) is 0 Å². The van der Waals surface area contributed by atoms with Crippen LogP contribution in [0.2, 0.25) is 0 Å². The molecule has 0 radical (unpaired) electrons. The van der Waals surface area contributed by atoms with E-state index in [2.05, 4.69) is 19.2 Å². The maximum absolute atomic E-state index is 12.8. The number of phosphoric acid groups is 1. The number of hydrogen-bond donors (Lipinski definition) is 3. The van der Waals surface area contributed by atoms with Gasteiger partial charge in [0.1, 0.15) is 13.2 Å². The smallest absolute Gasteiger partial charge is 0.391 e. The minimum atomic E-state index is -4.31. The molecule has 0 heterocycles. The van der Waals surface area contributed by atoms with Gasteiger partial charge < -0.3 is 19.8 Å². The normalized spacial score (nSPS) is 14.0. The third-order valence-electron chi connectivity index (χ3n) is 13.1. The van der Waals surface area contributed by atoms with Crippen molar-refractivity contribution in [3.63, 3.8) is 0 Å². The fourth-order valence-corrected chi connectivity index (χ4v) is 9.43. The second-order valence-corrected chi connectivity index (χ2v) is 22.1. The van der Waals surface area contributed by atoms with Crippen LogP contribution in [-0.2, 0) is 18.4 Å². The van der Waals surface area contributed by atoms with Gasteiger partial charge in [-0.3, -0.25) is 13.8 Å². The van der Waals surface area contributed by atoms with Crippen molar-refractivity contribution in [1.82, 2.24) is 5.32 Å². The van der Waals surface area contributed by atoms with Gasteiger partial charge in [0.25, 0.3) is 0 Å². The van der Waals surface area contributed by atoms with E-state index in [9.17, 15) is 19.4 Å². The molecule has 0 aromatic carbocycles. The van der Waals surface area contributed by atoms with Crippen molar-refractivity contribution in [1.29, 1.82) is 0 Å². The van der Waals surface area contributed by atoms with Crippen LogP contribution >= 0.6 is 7.82 Å². The second-order valence-electron chi connectivity index (χ2n) is 20.7. The first-order valence-corrected chi connectivity index (χ1v) is 29.4. The van der Waals surface area contributed by atoms with Crippen LogP contribution in [0.1, 0.15) is 290 Å². The van der Waals surface area contributed by atoms with Gasteiger partial charge in [-0.25, -0.2) is 4.57 Å². The summed E-state index contributed by atoms with van der Waals surface area (Å²) < 4.78 is 23.7. The van der Waals surface area contributed by atoms with Gasteiger partial charge in [0.2, 0.25) is 5.91 Å². The first-order chi connectivity index (χ1) is 30.5. The van der Waals surface area contributed by atoms with Crippen LogP contribution in [0.4, 0.5) is 0 Å². The topological polar surface area (TPSA) is 105 Å². The zero-order chi connectivity index (χ0) is 46.4. The number of likely N-dealkylation sites (N-methyl/N-ethyl adjacent to an activating group) is 1. The number of aliphatic hydroxyl groups is 1. The summed E-state index contributed by atoms with van der Waals surface area (Å²) in [5.41, 5.74) is 0. The van der Waals surface area contributed by atoms with Gasteiger partial charge in [-0.15, -0.1) is 0 Å². The Morgan fingerprint density at radius 1 is 0.476 bits per heavy atom. The molecule has 3 atom stereocenters. The Kier molecular flexibility index (Phi) is 46.2. The number of quaternary nitrogens is 1. The summed E-state index contributed by atoms with van der Waals surface area (Å²) in [6.45, 7) is 4.90. The molecular weight excluding hydrogens is 804 g/mol. The van der Waals surface area contributed by atoms with E-state index in [1.165, 1.54) is 225 Å². The highest BCUT2D eigenvalue weighted by molar-refractivity contribution is 7.47. The maximum Gasteiger partial charge on any atom is 0.472 e. The summed E-state index contributed by atoms with van der Waals surface area (Å²) >= 11 is 0. The summed E-state index contributed by atoms with van der Waals surface area (Å²) in [6, 6.07) is -0.753. The highest BCUT2D eigenvalue weighted by Crippen LogP contribution is 2.43. The molecule has 0 bridgehead atoms. The van der Waals surface area contributed by atoms with E-state index in [1.54, 1.807) is 0 Å². The van der Waals surface area contributed by atoms with Crippen molar-refractivity contribution in [3.8, 4) is 0 Å². The lowest BCUT2D eigenvalue weighted by atomic mass is 10.0. The Morgan fingerprint density at radius 2 is 0.762 bits per heavy atom. The van der Waals surface area contributed by atoms with Crippen molar-refractivity contribution in [2.75, 3.05) is 40.9 Å². The Labute approximate surface area is 393 Å². The zero-order valence-corrected chi connectivity index (χ0v) is 44.0. The monoisotopic (exact) mass is 916 g/mol. The number of phosphoric ester groups is 1. The predicted octanol–water partition coefficient (Wildman–Crippen LogP) is 16.5. The molecule has 3 N–H and O–H groups in total. The Balaban J connectivity index is 3.89. The molecular formula is C54H112N2O6P+. The number of nitrogens with one attached hydrogen (secondary N) is 1. The van der Waals surface area contributed by atoms with Crippen molar-refractivity contribution in [2.24, 2.45) is 0 Å². The summed E-state index contributed by atoms with van der Waals surface area (Å²) in [5.74, 6) is -0.143. The average molecular weight is 916 g/mol. The molecule has 3 unspecified atom stereocenters. The van der Waals surface area contributed by atoms with Gasteiger partial charge >= 0.3 is 7.82 Å². The largest absolute Gasteiger partial charge is 0.472 e. The molecule has 9 heteroatoms. The van der Waals surface area contributed by atoms with E-state index in [-0.39, 0.29) is 19.1 Å². The van der Waals surface area contributed by atoms with Crippen molar-refractivity contribution < 1.29 is 32.9 Å². The number of carbonyl (C=O) groups is 1. The van der Waals surface area contributed by atoms with Gasteiger partial charge in [-0.1, -0.05) is 271 Å². The van der Waals surface area contributed by atoms with Crippen LogP contribution in [0.3, 0.4) is 0 Å².